The van der Waals surface area contributed by atoms with Crippen molar-refractivity contribution < 1.29 is 43.5 Å². The number of likely N-dealkylation sites (N-methyl/N-ethyl adjacent to an activating group) is 1. The first-order valence-electron chi connectivity index (χ1n) is 15.1. The van der Waals surface area contributed by atoms with Crippen molar-refractivity contribution in [3.8, 4) is 0 Å². The van der Waals surface area contributed by atoms with Gasteiger partial charge in [-0.2, -0.15) is 0 Å². The molecule has 2 fully saturated rings. The van der Waals surface area contributed by atoms with Gasteiger partial charge in [0.1, 0.15) is 24.1 Å². The lowest BCUT2D eigenvalue weighted by Crippen LogP contribution is -2.56. The van der Waals surface area contributed by atoms with E-state index in [0.717, 1.165) is 6.29 Å². The summed E-state index contributed by atoms with van der Waals surface area (Å²) in [7, 11) is 3.76. The van der Waals surface area contributed by atoms with E-state index in [1.54, 1.807) is 19.1 Å². The smallest absolute Gasteiger partial charge is 0.308 e. The van der Waals surface area contributed by atoms with E-state index in [1.807, 2.05) is 53.6 Å². The molecule has 10 nitrogen and oxygen atoms in total. The number of rotatable bonds is 6. The van der Waals surface area contributed by atoms with Gasteiger partial charge in [-0.25, -0.2) is 0 Å². The number of epoxide rings is 1. The Hall–Kier alpha value is -1.69. The third-order valence-electron chi connectivity index (χ3n) is 9.29. The van der Waals surface area contributed by atoms with E-state index in [1.165, 1.54) is 0 Å². The molecule has 0 aromatic heterocycles. The van der Waals surface area contributed by atoms with Crippen molar-refractivity contribution in [2.45, 2.75) is 128 Å². The normalized spacial score (nSPS) is 45.5. The average molecular weight is 582 g/mol. The molecule has 2 saturated heterocycles. The quantitative estimate of drug-likeness (QED) is 0.274. The van der Waals surface area contributed by atoms with Gasteiger partial charge < -0.3 is 38.9 Å². The van der Waals surface area contributed by atoms with E-state index < -0.39 is 60.0 Å². The summed E-state index contributed by atoms with van der Waals surface area (Å²) in [4.78, 5) is 40.0. The van der Waals surface area contributed by atoms with Crippen LogP contribution in [0.1, 0.15) is 73.6 Å². The Balaban J connectivity index is 1.95. The molecule has 0 amide bonds. The maximum absolute atomic E-state index is 13.2. The molecule has 234 valence electrons. The summed E-state index contributed by atoms with van der Waals surface area (Å²) in [6, 6.07) is -0.219. The molecule has 0 radical (unpaired) electrons. The van der Waals surface area contributed by atoms with Crippen LogP contribution in [0.5, 0.6) is 0 Å². The fraction of sp³-hybridized carbons (Fsp3) is 0.839. The van der Waals surface area contributed by atoms with Crippen molar-refractivity contribution in [1.29, 1.82) is 0 Å². The van der Waals surface area contributed by atoms with Crippen molar-refractivity contribution in [3.63, 3.8) is 0 Å². The van der Waals surface area contributed by atoms with Gasteiger partial charge in [-0.05, 0) is 65.3 Å². The van der Waals surface area contributed by atoms with Crippen LogP contribution in [0, 0.1) is 23.7 Å². The molecule has 0 aliphatic carbocycles. The van der Waals surface area contributed by atoms with Crippen molar-refractivity contribution in [3.05, 3.63) is 12.2 Å². The SMILES string of the molecule is CCC1OC(=O)C[C@@H](O)[C@H](C)[C@@H](OC2OC(C)CC(N(C)C)C2O)[C@@H](CC=O)C[C@@H](C)C(=O)/C=C/[C@]2(C)OC2C1C. The van der Waals surface area contributed by atoms with Crippen LogP contribution >= 0.6 is 0 Å². The molecular weight excluding hydrogens is 530 g/mol. The fourth-order valence-electron chi connectivity index (χ4n) is 6.50. The van der Waals surface area contributed by atoms with Crippen molar-refractivity contribution in [2.75, 3.05) is 14.1 Å². The molecular formula is C31H51NO9. The number of ether oxygens (including phenoxy) is 4. The van der Waals surface area contributed by atoms with Gasteiger partial charge in [-0.15, -0.1) is 0 Å². The number of carbonyl (C=O) groups excluding carboxylic acids is 3. The molecule has 3 aliphatic heterocycles. The molecule has 0 spiro atoms. The van der Waals surface area contributed by atoms with E-state index in [0.29, 0.717) is 19.3 Å². The Morgan fingerprint density at radius 3 is 2.41 bits per heavy atom. The second-order valence-electron chi connectivity index (χ2n) is 12.9. The Kier molecular flexibility index (Phi) is 11.7. The number of hydrogen-bond donors (Lipinski definition) is 2. The molecule has 41 heavy (non-hydrogen) atoms. The van der Waals surface area contributed by atoms with E-state index in [2.05, 4.69) is 0 Å². The van der Waals surface area contributed by atoms with E-state index >= 15 is 0 Å². The zero-order valence-electron chi connectivity index (χ0n) is 25.9. The summed E-state index contributed by atoms with van der Waals surface area (Å²) < 4.78 is 24.2. The topological polar surface area (TPSA) is 135 Å². The highest BCUT2D eigenvalue weighted by atomic mass is 16.7. The minimum Gasteiger partial charge on any atom is -0.462 e. The van der Waals surface area contributed by atoms with Crippen LogP contribution in [0.25, 0.3) is 0 Å². The number of esters is 1. The van der Waals surface area contributed by atoms with Crippen molar-refractivity contribution in [1.82, 2.24) is 4.90 Å². The van der Waals surface area contributed by atoms with Crippen molar-refractivity contribution >= 4 is 18.0 Å². The summed E-state index contributed by atoms with van der Waals surface area (Å²) in [5, 5.41) is 22.4. The van der Waals surface area contributed by atoms with Crippen LogP contribution in [-0.4, -0.2) is 102 Å². The number of fused-ring (bicyclic) bond motifs is 1. The summed E-state index contributed by atoms with van der Waals surface area (Å²) in [6.07, 6.45) is 0.627. The van der Waals surface area contributed by atoms with Gasteiger partial charge in [0.05, 0.1) is 30.8 Å². The van der Waals surface area contributed by atoms with Crippen LogP contribution in [0.15, 0.2) is 12.2 Å². The molecule has 0 aromatic carbocycles. The maximum atomic E-state index is 13.2. The molecule has 7 unspecified atom stereocenters. The van der Waals surface area contributed by atoms with Gasteiger partial charge in [0, 0.05) is 30.2 Å². The third-order valence-corrected chi connectivity index (χ3v) is 9.29. The predicted molar refractivity (Wildman–Crippen MR) is 152 cm³/mol. The van der Waals surface area contributed by atoms with Gasteiger partial charge in [0.15, 0.2) is 12.1 Å². The van der Waals surface area contributed by atoms with Crippen LogP contribution in [0.2, 0.25) is 0 Å². The molecule has 3 aliphatic rings. The van der Waals surface area contributed by atoms with E-state index in [-0.39, 0.29) is 42.8 Å². The Morgan fingerprint density at radius 1 is 1.12 bits per heavy atom. The highest BCUT2D eigenvalue weighted by Gasteiger charge is 2.55. The summed E-state index contributed by atoms with van der Waals surface area (Å²) >= 11 is 0. The number of aldehydes is 1. The van der Waals surface area contributed by atoms with Gasteiger partial charge in [0.2, 0.25) is 0 Å². The van der Waals surface area contributed by atoms with Crippen LogP contribution < -0.4 is 0 Å². The largest absolute Gasteiger partial charge is 0.462 e. The molecule has 3 rings (SSSR count). The Bertz CT molecular complexity index is 941. The summed E-state index contributed by atoms with van der Waals surface area (Å²) in [6.45, 7) is 11.3. The molecule has 0 saturated carbocycles. The van der Waals surface area contributed by atoms with Gasteiger partial charge in [-0.3, -0.25) is 9.59 Å². The van der Waals surface area contributed by atoms with Gasteiger partial charge in [0.25, 0.3) is 0 Å². The standard InChI is InChI=1S/C31H51NO9/c1-9-25-20(5)29-31(6,41-29)12-10-23(34)17(2)14-21(11-13-33)28(19(4)24(35)16-26(36)39-25)40-30-27(37)22(32(7)8)15-18(3)38-30/h10,12-13,17-22,24-25,27-30,35,37H,9,11,14-16H2,1-8H3/b12-10+/t17-,18?,19+,20?,21+,22?,24-,25?,27?,28-,29?,30?,31+/m1/s1. The number of allylic oxidation sites excluding steroid dienone is 1. The molecule has 0 bridgehead atoms. The molecule has 3 heterocycles. The first kappa shape index (κ1) is 33.8. The maximum Gasteiger partial charge on any atom is 0.308 e. The highest BCUT2D eigenvalue weighted by Crippen LogP contribution is 2.45. The number of ketones is 1. The zero-order valence-corrected chi connectivity index (χ0v) is 25.9. The number of aliphatic hydroxyl groups is 2. The Morgan fingerprint density at radius 2 is 1.80 bits per heavy atom. The molecule has 2 N–H and O–H groups in total. The lowest BCUT2D eigenvalue weighted by atomic mass is 9.79. The zero-order chi connectivity index (χ0) is 30.6. The first-order valence-corrected chi connectivity index (χ1v) is 15.1. The number of nitrogens with zero attached hydrogens (tertiary/aromatic N) is 1. The lowest BCUT2D eigenvalue weighted by molar-refractivity contribution is -0.283. The fourth-order valence-corrected chi connectivity index (χ4v) is 6.50. The number of aliphatic hydroxyl groups excluding tert-OH is 2. The monoisotopic (exact) mass is 581 g/mol. The number of cyclic esters (lactones) is 1. The number of carbonyl (C=O) groups is 3. The first-order chi connectivity index (χ1) is 19.2. The summed E-state index contributed by atoms with van der Waals surface area (Å²) in [5.74, 6) is -2.32. The van der Waals surface area contributed by atoms with Crippen LogP contribution in [-0.2, 0) is 33.3 Å². The minimum atomic E-state index is -1.15. The van der Waals surface area contributed by atoms with E-state index in [4.69, 9.17) is 18.9 Å². The second-order valence-corrected chi connectivity index (χ2v) is 12.9. The van der Waals surface area contributed by atoms with Crippen LogP contribution in [0.3, 0.4) is 0 Å². The van der Waals surface area contributed by atoms with E-state index in [9.17, 15) is 24.6 Å². The van der Waals surface area contributed by atoms with Gasteiger partial charge in [-0.1, -0.05) is 27.7 Å². The molecule has 0 aromatic rings. The predicted octanol–water partition coefficient (Wildman–Crippen LogP) is 2.67. The van der Waals surface area contributed by atoms with Gasteiger partial charge >= 0.3 is 5.97 Å². The van der Waals surface area contributed by atoms with Crippen LogP contribution in [0.4, 0.5) is 0 Å². The lowest BCUT2D eigenvalue weighted by Gasteiger charge is -2.44. The molecule has 10 heteroatoms. The van der Waals surface area contributed by atoms with Crippen molar-refractivity contribution in [2.24, 2.45) is 23.7 Å². The minimum absolute atomic E-state index is 0.0707. The number of hydrogen-bond acceptors (Lipinski definition) is 10. The average Bonchev–Trinajstić information content (AvgIpc) is 3.60. The third kappa shape index (κ3) is 8.24. The highest BCUT2D eigenvalue weighted by molar-refractivity contribution is 5.91. The molecule has 13 atom stereocenters. The Labute approximate surface area is 244 Å². The summed E-state index contributed by atoms with van der Waals surface area (Å²) in [5.41, 5.74) is -0.637. The second kappa shape index (κ2) is 14.2.